The van der Waals surface area contributed by atoms with Crippen LogP contribution in [0.3, 0.4) is 0 Å². The zero-order chi connectivity index (χ0) is 32.1. The number of hydrogen-bond donors (Lipinski definition) is 8. The first kappa shape index (κ1) is 33.7. The van der Waals surface area contributed by atoms with Crippen molar-refractivity contribution in [2.45, 2.75) is 69.1 Å². The van der Waals surface area contributed by atoms with Crippen molar-refractivity contribution >= 4 is 40.6 Å². The molecule has 3 amide bonds. The molecule has 0 aliphatic heterocycles. The summed E-state index contributed by atoms with van der Waals surface area (Å²) >= 11 is 0. The van der Waals surface area contributed by atoms with E-state index < -0.39 is 60.2 Å². The largest absolute Gasteiger partial charge is 0.481 e. The molecule has 2 aromatic carbocycles. The molecular formula is C31H40N6O7. The molecule has 44 heavy (non-hydrogen) atoms. The van der Waals surface area contributed by atoms with Crippen LogP contribution >= 0.6 is 0 Å². The first-order valence-electron chi connectivity index (χ1n) is 14.5. The Balaban J connectivity index is 1.75. The molecule has 0 saturated carbocycles. The summed E-state index contributed by atoms with van der Waals surface area (Å²) in [5, 5.41) is 27.2. The summed E-state index contributed by atoms with van der Waals surface area (Å²) in [7, 11) is 0. The van der Waals surface area contributed by atoms with Gasteiger partial charge in [0, 0.05) is 29.9 Å². The average molecular weight is 609 g/mol. The number of hydrogen-bond acceptors (Lipinski definition) is 7. The molecule has 0 aliphatic rings. The van der Waals surface area contributed by atoms with Crippen molar-refractivity contribution in [1.29, 1.82) is 0 Å². The number of amides is 3. The second-order valence-corrected chi connectivity index (χ2v) is 10.6. The molecule has 3 rings (SSSR count). The molecule has 0 radical (unpaired) electrons. The molecule has 0 aliphatic carbocycles. The normalized spacial score (nSPS) is 13.8. The number of aromatic nitrogens is 1. The molecule has 4 atom stereocenters. The minimum absolute atomic E-state index is 0.0211. The van der Waals surface area contributed by atoms with Crippen LogP contribution in [0.25, 0.3) is 10.9 Å². The molecule has 0 bridgehead atoms. The maximum atomic E-state index is 13.6. The lowest BCUT2D eigenvalue weighted by atomic mass is 10.0. The van der Waals surface area contributed by atoms with E-state index in [9.17, 15) is 29.1 Å². The minimum Gasteiger partial charge on any atom is -0.481 e. The van der Waals surface area contributed by atoms with E-state index in [2.05, 4.69) is 20.9 Å². The number of nitrogens with two attached hydrogens (primary N) is 2. The second kappa shape index (κ2) is 16.8. The molecular weight excluding hydrogens is 568 g/mol. The average Bonchev–Trinajstić information content (AvgIpc) is 3.41. The summed E-state index contributed by atoms with van der Waals surface area (Å²) < 4.78 is 0. The van der Waals surface area contributed by atoms with Crippen molar-refractivity contribution in [2.24, 2.45) is 11.5 Å². The number of carbonyl (C=O) groups excluding carboxylic acids is 3. The summed E-state index contributed by atoms with van der Waals surface area (Å²) in [5.74, 6) is -4.61. The smallest absolute Gasteiger partial charge is 0.326 e. The Morgan fingerprint density at radius 3 is 2.07 bits per heavy atom. The van der Waals surface area contributed by atoms with Crippen LogP contribution in [0.2, 0.25) is 0 Å². The third-order valence-corrected chi connectivity index (χ3v) is 7.21. The fourth-order valence-electron chi connectivity index (χ4n) is 4.80. The number of aliphatic carboxylic acids is 2. The highest BCUT2D eigenvalue weighted by molar-refractivity contribution is 5.94. The Bertz CT molecular complexity index is 1430. The lowest BCUT2D eigenvalue weighted by Gasteiger charge is -2.25. The highest BCUT2D eigenvalue weighted by atomic mass is 16.4. The van der Waals surface area contributed by atoms with E-state index in [1.54, 1.807) is 36.5 Å². The Morgan fingerprint density at radius 1 is 0.750 bits per heavy atom. The molecule has 0 saturated heterocycles. The Labute approximate surface area is 254 Å². The fraction of sp³-hybridized carbons (Fsp3) is 0.387. The summed E-state index contributed by atoms with van der Waals surface area (Å²) in [4.78, 5) is 65.8. The fourth-order valence-corrected chi connectivity index (χ4v) is 4.80. The third kappa shape index (κ3) is 10.2. The molecule has 0 spiro atoms. The summed E-state index contributed by atoms with van der Waals surface area (Å²) in [5.41, 5.74) is 14.3. The van der Waals surface area contributed by atoms with E-state index in [0.29, 0.717) is 24.9 Å². The molecule has 0 fully saturated rings. The zero-order valence-electron chi connectivity index (χ0n) is 24.3. The monoisotopic (exact) mass is 608 g/mol. The summed E-state index contributed by atoms with van der Waals surface area (Å²) in [6.45, 7) is 0.383. The van der Waals surface area contributed by atoms with Gasteiger partial charge in [0.15, 0.2) is 0 Å². The van der Waals surface area contributed by atoms with Crippen LogP contribution in [0.4, 0.5) is 0 Å². The number of benzene rings is 2. The van der Waals surface area contributed by atoms with Gasteiger partial charge >= 0.3 is 11.9 Å². The number of carboxylic acids is 2. The lowest BCUT2D eigenvalue weighted by Crippen LogP contribution is -2.57. The van der Waals surface area contributed by atoms with E-state index >= 15 is 0 Å². The van der Waals surface area contributed by atoms with Gasteiger partial charge in [-0.1, -0.05) is 48.5 Å². The van der Waals surface area contributed by atoms with Gasteiger partial charge in [-0.25, -0.2) is 4.79 Å². The molecule has 1 heterocycles. The first-order valence-corrected chi connectivity index (χ1v) is 14.5. The van der Waals surface area contributed by atoms with Gasteiger partial charge in [-0.05, 0) is 55.8 Å². The van der Waals surface area contributed by atoms with E-state index in [-0.39, 0.29) is 25.7 Å². The van der Waals surface area contributed by atoms with Gasteiger partial charge in [0.2, 0.25) is 17.7 Å². The number of carboxylic acid groups (broad SMARTS) is 2. The van der Waals surface area contributed by atoms with Gasteiger partial charge in [-0.2, -0.15) is 0 Å². The van der Waals surface area contributed by atoms with Gasteiger partial charge in [-0.3, -0.25) is 19.2 Å². The van der Waals surface area contributed by atoms with Crippen molar-refractivity contribution in [1.82, 2.24) is 20.9 Å². The number of para-hydroxylation sites is 1. The summed E-state index contributed by atoms with van der Waals surface area (Å²) in [6, 6.07) is 11.7. The second-order valence-electron chi connectivity index (χ2n) is 10.6. The van der Waals surface area contributed by atoms with Crippen molar-refractivity contribution in [3.8, 4) is 0 Å². The van der Waals surface area contributed by atoms with Crippen LogP contribution in [-0.2, 0) is 36.8 Å². The van der Waals surface area contributed by atoms with Crippen molar-refractivity contribution in [3.63, 3.8) is 0 Å². The van der Waals surface area contributed by atoms with Gasteiger partial charge in [0.05, 0.1) is 6.04 Å². The van der Waals surface area contributed by atoms with Crippen LogP contribution in [0.15, 0.2) is 60.8 Å². The quantitative estimate of drug-likeness (QED) is 0.0954. The van der Waals surface area contributed by atoms with Gasteiger partial charge in [0.25, 0.3) is 0 Å². The highest BCUT2D eigenvalue weighted by Gasteiger charge is 2.31. The number of aromatic amines is 1. The van der Waals surface area contributed by atoms with Crippen molar-refractivity contribution < 1.29 is 34.2 Å². The van der Waals surface area contributed by atoms with Crippen LogP contribution < -0.4 is 27.4 Å². The lowest BCUT2D eigenvalue weighted by molar-refractivity contribution is -0.143. The van der Waals surface area contributed by atoms with E-state index in [4.69, 9.17) is 16.6 Å². The SMILES string of the molecule is NCCCCC(NC(=O)C(N)Cc1c[nH]c2ccccc12)C(=O)NC(Cc1ccccc1)C(=O)NC(CCC(=O)O)C(=O)O. The Kier molecular flexibility index (Phi) is 12.9. The highest BCUT2D eigenvalue weighted by Crippen LogP contribution is 2.19. The van der Waals surface area contributed by atoms with Crippen molar-refractivity contribution in [2.75, 3.05) is 6.54 Å². The predicted molar refractivity (Wildman–Crippen MR) is 163 cm³/mol. The van der Waals surface area contributed by atoms with Crippen LogP contribution in [-0.4, -0.2) is 75.6 Å². The van der Waals surface area contributed by atoms with Crippen molar-refractivity contribution in [3.05, 3.63) is 71.9 Å². The maximum Gasteiger partial charge on any atom is 0.326 e. The van der Waals surface area contributed by atoms with E-state index in [1.165, 1.54) is 0 Å². The number of rotatable bonds is 18. The molecule has 13 nitrogen and oxygen atoms in total. The van der Waals surface area contributed by atoms with Gasteiger partial charge < -0.3 is 42.6 Å². The number of H-pyrrole nitrogens is 1. The van der Waals surface area contributed by atoms with Gasteiger partial charge in [-0.15, -0.1) is 0 Å². The van der Waals surface area contributed by atoms with Gasteiger partial charge in [0.1, 0.15) is 18.1 Å². The summed E-state index contributed by atoms with van der Waals surface area (Å²) in [6.07, 6.45) is 2.56. The topological polar surface area (TPSA) is 230 Å². The van der Waals surface area contributed by atoms with Crippen LogP contribution in [0, 0.1) is 0 Å². The van der Waals surface area contributed by atoms with Crippen LogP contribution in [0.1, 0.15) is 43.2 Å². The maximum absolute atomic E-state index is 13.6. The minimum atomic E-state index is -1.48. The molecule has 10 N–H and O–H groups in total. The molecule has 13 heteroatoms. The first-order chi connectivity index (χ1) is 21.1. The zero-order valence-corrected chi connectivity index (χ0v) is 24.3. The Hall–Kier alpha value is -4.75. The standard InChI is InChI=1S/C31H40N6O7/c32-15-7-6-12-24(35-28(40)22(33)17-20-18-34-23-11-5-4-10-21(20)23)29(41)37-26(16-19-8-2-1-3-9-19)30(42)36-25(31(43)44)13-14-27(38)39/h1-5,8-11,18,22,24-26,34H,6-7,12-17,32-33H2,(H,35,40)(H,36,42)(H,37,41)(H,38,39)(H,43,44). The number of carbonyl (C=O) groups is 5. The number of unbranched alkanes of at least 4 members (excludes halogenated alkanes) is 1. The predicted octanol–water partition coefficient (Wildman–Crippen LogP) is 0.813. The number of fused-ring (bicyclic) bond motifs is 1. The third-order valence-electron chi connectivity index (χ3n) is 7.21. The molecule has 1 aromatic heterocycles. The number of nitrogens with one attached hydrogen (secondary N) is 4. The molecule has 3 aromatic rings. The Morgan fingerprint density at radius 2 is 1.39 bits per heavy atom. The molecule has 4 unspecified atom stereocenters. The van der Waals surface area contributed by atoms with Crippen LogP contribution in [0.5, 0.6) is 0 Å². The van der Waals surface area contributed by atoms with E-state index in [0.717, 1.165) is 16.5 Å². The van der Waals surface area contributed by atoms with E-state index in [1.807, 2.05) is 24.3 Å². The molecule has 236 valence electrons.